The molecule has 5 heterocycles. The van der Waals surface area contributed by atoms with E-state index >= 15 is 0 Å². The van der Waals surface area contributed by atoms with Gasteiger partial charge in [-0.2, -0.15) is 13.2 Å². The van der Waals surface area contributed by atoms with Gasteiger partial charge in [0.15, 0.2) is 0 Å². The smallest absolute Gasteiger partial charge is 0.657 e. The molecule has 3 aromatic heterocycles. The Kier molecular flexibility index (Phi) is 7.33. The Hall–Kier alpha value is -4.07. The third kappa shape index (κ3) is 4.97. The summed E-state index contributed by atoms with van der Waals surface area (Å²) in [5.74, 6) is 0. The fourth-order valence-corrected chi connectivity index (χ4v) is 5.59. The largest absolute Gasteiger partial charge is 2.00 e. The van der Waals surface area contributed by atoms with Crippen molar-refractivity contribution in [1.29, 1.82) is 0 Å². The van der Waals surface area contributed by atoms with Gasteiger partial charge >= 0.3 is 25.7 Å². The Balaban J connectivity index is 0.00000316. The van der Waals surface area contributed by atoms with Crippen molar-refractivity contribution in [2.75, 3.05) is 0 Å². The summed E-state index contributed by atoms with van der Waals surface area (Å²) in [7, 11) is 0. The fraction of sp³-hybridized carbons (Fsp3) is 0.0303. The SMILES string of the molecule is FC(F)(F)c1c2nc(c(-c3ccccc3)c3ccc([n-]3)c(Br)c3nc(c(-c4ccccc4)c4ccc1[n-]4)C=C3)C=C2.[Zn+2]. The molecule has 2 aromatic carbocycles. The Bertz CT molecular complexity index is 2010. The van der Waals surface area contributed by atoms with E-state index < -0.39 is 11.7 Å². The van der Waals surface area contributed by atoms with Gasteiger partial charge < -0.3 is 9.97 Å². The van der Waals surface area contributed by atoms with E-state index in [0.717, 1.165) is 11.1 Å². The standard InChI is InChI=1S/C33H18BrF3N4.Zn/c34-32-27-17-13-23(40-27)29(19-7-3-1-4-8-19)21-11-15-25(38-21)31(33(35,36)37)26-16-12-22(39-26)30(20-9-5-2-6-10-20)24-14-18-28(32)41-24;/h1-18H;/q-2;+2. The van der Waals surface area contributed by atoms with Gasteiger partial charge in [0.1, 0.15) is 0 Å². The van der Waals surface area contributed by atoms with Crippen molar-refractivity contribution in [3.05, 3.63) is 118 Å². The number of alkyl halides is 3. The molecule has 0 fully saturated rings. The molecule has 0 amide bonds. The molecule has 0 saturated heterocycles. The van der Waals surface area contributed by atoms with Gasteiger partial charge in [-0.25, -0.2) is 9.97 Å². The number of aromatic nitrogens is 4. The van der Waals surface area contributed by atoms with Crippen molar-refractivity contribution in [2.45, 2.75) is 6.18 Å². The number of halogens is 4. The summed E-state index contributed by atoms with van der Waals surface area (Å²) >= 11 is 3.69. The van der Waals surface area contributed by atoms with Crippen molar-refractivity contribution in [3.63, 3.8) is 0 Å². The van der Waals surface area contributed by atoms with E-state index in [2.05, 4.69) is 25.9 Å². The molecular formula is C33H18BrF3N4Zn. The summed E-state index contributed by atoms with van der Waals surface area (Å²) < 4.78 is 44.6. The molecule has 5 aromatic rings. The molecule has 0 aliphatic carbocycles. The van der Waals surface area contributed by atoms with Crippen LogP contribution in [-0.4, -0.2) is 9.97 Å². The molecule has 0 unspecified atom stereocenters. The molecule has 2 aliphatic rings. The van der Waals surface area contributed by atoms with Gasteiger partial charge in [-0.3, -0.25) is 0 Å². The van der Waals surface area contributed by atoms with Crippen LogP contribution in [0.2, 0.25) is 0 Å². The minimum absolute atomic E-state index is 0. The maximum absolute atomic E-state index is 14.6. The summed E-state index contributed by atoms with van der Waals surface area (Å²) in [6.07, 6.45) is 2.00. The van der Waals surface area contributed by atoms with Crippen LogP contribution in [0, 0.1) is 0 Å². The number of fused-ring (bicyclic) bond motifs is 8. The van der Waals surface area contributed by atoms with Gasteiger partial charge in [0.25, 0.3) is 0 Å². The van der Waals surface area contributed by atoms with Crippen LogP contribution in [0.15, 0.2) is 89.4 Å². The summed E-state index contributed by atoms with van der Waals surface area (Å²) in [4.78, 5) is 18.7. The van der Waals surface area contributed by atoms with Crippen molar-refractivity contribution < 1.29 is 32.6 Å². The number of rotatable bonds is 2. The molecule has 0 spiro atoms. The third-order valence-corrected chi connectivity index (χ3v) is 7.77. The minimum Gasteiger partial charge on any atom is -0.657 e. The Morgan fingerprint density at radius 1 is 0.524 bits per heavy atom. The van der Waals surface area contributed by atoms with Crippen molar-refractivity contribution in [1.82, 2.24) is 19.9 Å². The number of hydrogen-bond acceptors (Lipinski definition) is 2. The molecule has 42 heavy (non-hydrogen) atoms. The Morgan fingerprint density at radius 2 is 0.952 bits per heavy atom. The van der Waals surface area contributed by atoms with Crippen LogP contribution >= 0.6 is 15.9 Å². The van der Waals surface area contributed by atoms with Crippen molar-refractivity contribution in [2.24, 2.45) is 0 Å². The van der Waals surface area contributed by atoms with E-state index in [1.807, 2.05) is 84.9 Å². The van der Waals surface area contributed by atoms with Gasteiger partial charge in [-0.05, 0) is 62.5 Å². The zero-order chi connectivity index (χ0) is 28.1. The molecule has 0 atom stereocenters. The first-order chi connectivity index (χ1) is 19.9. The number of hydrogen-bond donors (Lipinski definition) is 0. The fourth-order valence-electron chi connectivity index (χ4n) is 5.15. The normalized spacial score (nSPS) is 12.4. The van der Waals surface area contributed by atoms with E-state index in [1.165, 1.54) is 12.1 Å². The van der Waals surface area contributed by atoms with E-state index in [-0.39, 0.29) is 30.7 Å². The van der Waals surface area contributed by atoms with E-state index in [1.54, 1.807) is 12.1 Å². The van der Waals surface area contributed by atoms with Crippen LogP contribution < -0.4 is 9.97 Å². The van der Waals surface area contributed by atoms with Crippen LogP contribution in [-0.2, 0) is 25.7 Å². The topological polar surface area (TPSA) is 54.0 Å². The molecule has 9 heteroatoms. The van der Waals surface area contributed by atoms with E-state index in [4.69, 9.17) is 9.97 Å². The molecule has 0 N–H and O–H groups in total. The van der Waals surface area contributed by atoms with Crippen LogP contribution in [0.4, 0.5) is 13.2 Å². The van der Waals surface area contributed by atoms with Gasteiger partial charge in [-0.15, -0.1) is 22.1 Å². The summed E-state index contributed by atoms with van der Waals surface area (Å²) in [5, 5.41) is 0. The first-order valence-electron chi connectivity index (χ1n) is 12.8. The third-order valence-electron chi connectivity index (χ3n) is 6.95. The van der Waals surface area contributed by atoms with Gasteiger partial charge in [0, 0.05) is 4.47 Å². The van der Waals surface area contributed by atoms with Gasteiger partial charge in [0.2, 0.25) is 0 Å². The van der Waals surface area contributed by atoms with E-state index in [0.29, 0.717) is 49.2 Å². The molecule has 0 saturated carbocycles. The van der Waals surface area contributed by atoms with Gasteiger partial charge in [0.05, 0.1) is 28.3 Å². The quantitative estimate of drug-likeness (QED) is 0.172. The van der Waals surface area contributed by atoms with E-state index in [9.17, 15) is 13.2 Å². The Morgan fingerprint density at radius 3 is 1.50 bits per heavy atom. The zero-order valence-corrected chi connectivity index (χ0v) is 26.5. The van der Waals surface area contributed by atoms with Gasteiger partial charge in [-0.1, -0.05) is 84.9 Å². The molecular weight excluding hydrogens is 655 g/mol. The molecule has 2 aliphatic heterocycles. The molecule has 4 nitrogen and oxygen atoms in total. The predicted octanol–water partition coefficient (Wildman–Crippen LogP) is 9.03. The average molecular weight is 673 g/mol. The first kappa shape index (κ1) is 28.1. The second-order valence-electron chi connectivity index (χ2n) is 9.53. The van der Waals surface area contributed by atoms with Crippen molar-refractivity contribution in [3.8, 4) is 22.3 Å². The second-order valence-corrected chi connectivity index (χ2v) is 10.3. The summed E-state index contributed by atoms with van der Waals surface area (Å²) in [6.45, 7) is 0. The zero-order valence-electron chi connectivity index (χ0n) is 21.9. The minimum atomic E-state index is -4.69. The van der Waals surface area contributed by atoms with Crippen LogP contribution in [0.1, 0.15) is 28.3 Å². The monoisotopic (exact) mass is 670 g/mol. The molecule has 0 radical (unpaired) electrons. The average Bonchev–Trinajstić information content (AvgIpc) is 3.78. The van der Waals surface area contributed by atoms with Crippen molar-refractivity contribution >= 4 is 62.3 Å². The second kappa shape index (κ2) is 11.0. The maximum atomic E-state index is 14.6. The molecule has 7 rings (SSSR count). The maximum Gasteiger partial charge on any atom is 2.00 e. The number of benzene rings is 2. The first-order valence-corrected chi connectivity index (χ1v) is 13.6. The number of nitrogens with zero attached hydrogens (tertiary/aromatic N) is 4. The summed E-state index contributed by atoms with van der Waals surface area (Å²) in [6, 6.07) is 25.5. The predicted molar refractivity (Wildman–Crippen MR) is 160 cm³/mol. The Labute approximate surface area is 260 Å². The van der Waals surface area contributed by atoms with Crippen LogP contribution in [0.25, 0.3) is 68.6 Å². The molecule has 8 bridgehead atoms. The summed E-state index contributed by atoms with van der Waals surface area (Å²) in [5.41, 5.74) is 4.78. The van der Waals surface area contributed by atoms with Crippen LogP contribution in [0.5, 0.6) is 0 Å². The van der Waals surface area contributed by atoms with Crippen LogP contribution in [0.3, 0.4) is 0 Å². The molecule has 200 valence electrons.